The third-order valence-electron chi connectivity index (χ3n) is 2.74. The summed E-state index contributed by atoms with van der Waals surface area (Å²) in [5.41, 5.74) is 6.58. The minimum Gasteiger partial charge on any atom is -0.497 e. The van der Waals surface area contributed by atoms with Gasteiger partial charge in [-0.15, -0.1) is 0 Å². The van der Waals surface area contributed by atoms with Crippen molar-refractivity contribution in [2.24, 2.45) is 5.73 Å². The summed E-state index contributed by atoms with van der Waals surface area (Å²) in [6.45, 7) is 1.74. The quantitative estimate of drug-likeness (QED) is 0.834. The van der Waals surface area contributed by atoms with E-state index in [-0.39, 0.29) is 0 Å². The number of rotatable bonds is 4. The summed E-state index contributed by atoms with van der Waals surface area (Å²) in [5, 5.41) is 0. The van der Waals surface area contributed by atoms with Crippen LogP contribution in [-0.4, -0.2) is 26.9 Å². The maximum absolute atomic E-state index is 5.71. The molecule has 0 spiro atoms. The summed E-state index contributed by atoms with van der Waals surface area (Å²) >= 11 is 0. The van der Waals surface area contributed by atoms with Gasteiger partial charge in [-0.25, -0.2) is 0 Å². The first kappa shape index (κ1) is 11.4. The van der Waals surface area contributed by atoms with E-state index in [1.807, 2.05) is 24.3 Å². The molecule has 1 saturated heterocycles. The third kappa shape index (κ3) is 2.04. The lowest BCUT2D eigenvalue weighted by atomic mass is 10.0. The van der Waals surface area contributed by atoms with Crippen LogP contribution in [0.3, 0.4) is 0 Å². The number of hydrogen-bond donors (Lipinski definition) is 1. The lowest BCUT2D eigenvalue weighted by Gasteiger charge is -2.27. The minimum atomic E-state index is -0.677. The summed E-state index contributed by atoms with van der Waals surface area (Å²) in [5.74, 6) is 0.122. The highest BCUT2D eigenvalue weighted by atomic mass is 16.7. The van der Waals surface area contributed by atoms with Gasteiger partial charge in [0.1, 0.15) is 5.75 Å². The molecule has 4 nitrogen and oxygen atoms in total. The van der Waals surface area contributed by atoms with Crippen molar-refractivity contribution in [3.63, 3.8) is 0 Å². The molecule has 4 heteroatoms. The average Bonchev–Trinajstić information content (AvgIpc) is 2.80. The summed E-state index contributed by atoms with van der Waals surface area (Å²) < 4.78 is 16.6. The highest BCUT2D eigenvalue weighted by molar-refractivity contribution is 5.31. The molecule has 1 aliphatic rings. The Hall–Kier alpha value is -1.10. The zero-order valence-electron chi connectivity index (χ0n) is 9.44. The largest absolute Gasteiger partial charge is 0.497 e. The van der Waals surface area contributed by atoms with E-state index in [2.05, 4.69) is 0 Å². The zero-order chi connectivity index (χ0) is 11.4. The Morgan fingerprint density at radius 1 is 1.38 bits per heavy atom. The molecule has 1 aromatic carbocycles. The Balaban J connectivity index is 2.30. The SMILES string of the molecule is COc1cccc(C2(CCN)OCCO2)c1. The number of hydrogen-bond acceptors (Lipinski definition) is 4. The van der Waals surface area contributed by atoms with Crippen molar-refractivity contribution >= 4 is 0 Å². The van der Waals surface area contributed by atoms with Crippen LogP contribution in [0.2, 0.25) is 0 Å². The molecule has 1 aromatic rings. The molecule has 0 radical (unpaired) electrons. The van der Waals surface area contributed by atoms with Crippen LogP contribution in [0.4, 0.5) is 0 Å². The molecule has 1 fully saturated rings. The molecule has 0 amide bonds. The van der Waals surface area contributed by atoms with E-state index in [1.54, 1.807) is 7.11 Å². The van der Waals surface area contributed by atoms with E-state index in [1.165, 1.54) is 0 Å². The Morgan fingerprint density at radius 2 is 2.12 bits per heavy atom. The minimum absolute atomic E-state index is 0.525. The molecule has 1 aliphatic heterocycles. The van der Waals surface area contributed by atoms with Crippen LogP contribution >= 0.6 is 0 Å². The first-order valence-electron chi connectivity index (χ1n) is 5.43. The van der Waals surface area contributed by atoms with E-state index in [0.29, 0.717) is 26.2 Å². The molecule has 2 rings (SSSR count). The molecule has 2 N–H and O–H groups in total. The van der Waals surface area contributed by atoms with Gasteiger partial charge in [0.25, 0.3) is 0 Å². The maximum atomic E-state index is 5.71. The summed E-state index contributed by atoms with van der Waals surface area (Å²) in [6.07, 6.45) is 0.653. The van der Waals surface area contributed by atoms with E-state index in [0.717, 1.165) is 11.3 Å². The van der Waals surface area contributed by atoms with Crippen molar-refractivity contribution in [2.45, 2.75) is 12.2 Å². The second-order valence-corrected chi connectivity index (χ2v) is 3.72. The number of methoxy groups -OCH3 is 1. The van der Waals surface area contributed by atoms with E-state index < -0.39 is 5.79 Å². The molecular formula is C12H17NO3. The standard InChI is InChI=1S/C12H17NO3/c1-14-11-4-2-3-10(9-11)12(5-6-13)15-7-8-16-12/h2-4,9H,5-8,13H2,1H3. The summed E-state index contributed by atoms with van der Waals surface area (Å²) in [4.78, 5) is 0. The van der Waals surface area contributed by atoms with Crippen molar-refractivity contribution in [2.75, 3.05) is 26.9 Å². The molecule has 0 unspecified atom stereocenters. The van der Waals surface area contributed by atoms with Gasteiger partial charge in [-0.1, -0.05) is 12.1 Å². The number of benzene rings is 1. The van der Waals surface area contributed by atoms with Gasteiger partial charge >= 0.3 is 0 Å². The molecule has 0 saturated carbocycles. The number of nitrogens with two attached hydrogens (primary N) is 1. The van der Waals surface area contributed by atoms with Crippen LogP contribution in [0, 0.1) is 0 Å². The second-order valence-electron chi connectivity index (χ2n) is 3.72. The summed E-state index contributed by atoms with van der Waals surface area (Å²) in [7, 11) is 1.64. The van der Waals surface area contributed by atoms with E-state index >= 15 is 0 Å². The molecule has 0 aromatic heterocycles. The van der Waals surface area contributed by atoms with Gasteiger partial charge in [-0.2, -0.15) is 0 Å². The first-order valence-corrected chi connectivity index (χ1v) is 5.43. The van der Waals surface area contributed by atoms with Gasteiger partial charge in [0.15, 0.2) is 5.79 Å². The van der Waals surface area contributed by atoms with Gasteiger partial charge in [-0.05, 0) is 18.7 Å². The first-order chi connectivity index (χ1) is 7.80. The Labute approximate surface area is 95.3 Å². The third-order valence-corrected chi connectivity index (χ3v) is 2.74. The molecule has 16 heavy (non-hydrogen) atoms. The molecule has 1 heterocycles. The Kier molecular flexibility index (Phi) is 3.43. The van der Waals surface area contributed by atoms with Crippen LogP contribution in [0.25, 0.3) is 0 Å². The monoisotopic (exact) mass is 223 g/mol. The van der Waals surface area contributed by atoms with Gasteiger partial charge in [0, 0.05) is 12.0 Å². The van der Waals surface area contributed by atoms with Crippen LogP contribution in [-0.2, 0) is 15.3 Å². The molecule has 0 atom stereocenters. The van der Waals surface area contributed by atoms with Gasteiger partial charge < -0.3 is 19.9 Å². The van der Waals surface area contributed by atoms with Crippen LogP contribution in [0.1, 0.15) is 12.0 Å². The van der Waals surface area contributed by atoms with E-state index in [9.17, 15) is 0 Å². The normalized spacial score (nSPS) is 18.6. The zero-order valence-corrected chi connectivity index (χ0v) is 9.44. The Bertz CT molecular complexity index is 348. The smallest absolute Gasteiger partial charge is 0.196 e. The fourth-order valence-electron chi connectivity index (χ4n) is 1.96. The van der Waals surface area contributed by atoms with Gasteiger partial charge in [-0.3, -0.25) is 0 Å². The topological polar surface area (TPSA) is 53.7 Å². The highest BCUT2D eigenvalue weighted by Gasteiger charge is 2.37. The fourth-order valence-corrected chi connectivity index (χ4v) is 1.96. The molecule has 88 valence electrons. The van der Waals surface area contributed by atoms with Crippen molar-refractivity contribution < 1.29 is 14.2 Å². The van der Waals surface area contributed by atoms with Crippen molar-refractivity contribution in [3.05, 3.63) is 29.8 Å². The lowest BCUT2D eigenvalue weighted by Crippen LogP contribution is -2.30. The number of ether oxygens (including phenoxy) is 3. The molecule has 0 aliphatic carbocycles. The summed E-state index contributed by atoms with van der Waals surface area (Å²) in [6, 6.07) is 7.73. The molecular weight excluding hydrogens is 206 g/mol. The van der Waals surface area contributed by atoms with Crippen LogP contribution in [0.5, 0.6) is 5.75 Å². The van der Waals surface area contributed by atoms with E-state index in [4.69, 9.17) is 19.9 Å². The molecule has 0 bridgehead atoms. The average molecular weight is 223 g/mol. The van der Waals surface area contributed by atoms with Crippen molar-refractivity contribution in [1.29, 1.82) is 0 Å². The second kappa shape index (κ2) is 4.82. The lowest BCUT2D eigenvalue weighted by molar-refractivity contribution is -0.168. The van der Waals surface area contributed by atoms with Gasteiger partial charge in [0.2, 0.25) is 0 Å². The van der Waals surface area contributed by atoms with Crippen molar-refractivity contribution in [3.8, 4) is 5.75 Å². The predicted octanol–water partition coefficient (Wildman–Crippen LogP) is 1.24. The van der Waals surface area contributed by atoms with Crippen LogP contribution in [0.15, 0.2) is 24.3 Å². The van der Waals surface area contributed by atoms with Gasteiger partial charge in [0.05, 0.1) is 20.3 Å². The van der Waals surface area contributed by atoms with Crippen LogP contribution < -0.4 is 10.5 Å². The Morgan fingerprint density at radius 3 is 2.75 bits per heavy atom. The maximum Gasteiger partial charge on any atom is 0.196 e. The fraction of sp³-hybridized carbons (Fsp3) is 0.500. The van der Waals surface area contributed by atoms with Crippen molar-refractivity contribution in [1.82, 2.24) is 0 Å². The predicted molar refractivity (Wildman–Crippen MR) is 60.2 cm³/mol. The highest BCUT2D eigenvalue weighted by Crippen LogP contribution is 2.35.